The first kappa shape index (κ1) is 14.9. The Balaban J connectivity index is 2.45. The van der Waals surface area contributed by atoms with Gasteiger partial charge in [0, 0.05) is 5.41 Å². The average Bonchev–Trinajstić information content (AvgIpc) is 2.67. The van der Waals surface area contributed by atoms with Gasteiger partial charge < -0.3 is 25.8 Å². The number of nitrogens with zero attached hydrogens (tertiary/aromatic N) is 2. The van der Waals surface area contributed by atoms with Gasteiger partial charge >= 0.3 is 5.69 Å². The third-order valence-electron chi connectivity index (χ3n) is 3.70. The van der Waals surface area contributed by atoms with Crippen molar-refractivity contribution in [3.8, 4) is 0 Å². The van der Waals surface area contributed by atoms with Gasteiger partial charge in [-0.05, 0) is 0 Å². The van der Waals surface area contributed by atoms with Crippen molar-refractivity contribution in [1.29, 1.82) is 0 Å². The Bertz CT molecular complexity index is 565. The van der Waals surface area contributed by atoms with Crippen molar-refractivity contribution in [3.63, 3.8) is 0 Å². The Hall–Kier alpha value is -1.55. The van der Waals surface area contributed by atoms with Crippen molar-refractivity contribution in [2.45, 2.75) is 25.4 Å². The number of ether oxygens (including phenoxy) is 1. The van der Waals surface area contributed by atoms with Crippen LogP contribution in [0, 0.1) is 11.2 Å². The van der Waals surface area contributed by atoms with Gasteiger partial charge in [0.05, 0.1) is 25.5 Å². The number of hydrogen-bond acceptors (Lipinski definition) is 7. The molecule has 2 rings (SSSR count). The second-order valence-corrected chi connectivity index (χ2v) is 4.97. The molecule has 0 radical (unpaired) electrons. The highest BCUT2D eigenvalue weighted by atomic mass is 19.1. The Morgan fingerprint density at radius 1 is 1.60 bits per heavy atom. The number of nitrogens with two attached hydrogens (primary N) is 1. The van der Waals surface area contributed by atoms with Crippen LogP contribution in [0.15, 0.2) is 11.0 Å². The van der Waals surface area contributed by atoms with Gasteiger partial charge in [-0.25, -0.2) is 9.18 Å². The van der Waals surface area contributed by atoms with Crippen molar-refractivity contribution in [3.05, 3.63) is 22.5 Å². The maximum absolute atomic E-state index is 13.4. The molecule has 0 aromatic carbocycles. The van der Waals surface area contributed by atoms with Crippen molar-refractivity contribution in [2.75, 3.05) is 18.9 Å². The lowest BCUT2D eigenvalue weighted by atomic mass is 9.81. The van der Waals surface area contributed by atoms with E-state index < -0.39 is 54.4 Å². The molecule has 2 heterocycles. The van der Waals surface area contributed by atoms with Crippen LogP contribution in [0.3, 0.4) is 0 Å². The van der Waals surface area contributed by atoms with Crippen LogP contribution in [0.4, 0.5) is 10.2 Å². The lowest BCUT2D eigenvalue weighted by Crippen LogP contribution is -2.43. The van der Waals surface area contributed by atoms with Crippen LogP contribution < -0.4 is 11.4 Å². The van der Waals surface area contributed by atoms with Crippen LogP contribution >= 0.6 is 0 Å². The molecule has 1 saturated heterocycles. The Labute approximate surface area is 113 Å². The number of aliphatic hydroxyl groups excluding tert-OH is 3. The van der Waals surface area contributed by atoms with Crippen molar-refractivity contribution in [1.82, 2.24) is 9.55 Å². The number of nitrogen functional groups attached to an aromatic ring is 1. The maximum atomic E-state index is 13.4. The van der Waals surface area contributed by atoms with E-state index in [1.54, 1.807) is 0 Å². The zero-order valence-corrected chi connectivity index (χ0v) is 10.7. The summed E-state index contributed by atoms with van der Waals surface area (Å²) in [7, 11) is 0. The van der Waals surface area contributed by atoms with Crippen molar-refractivity contribution < 1.29 is 24.4 Å². The fourth-order valence-corrected chi connectivity index (χ4v) is 2.22. The zero-order chi connectivity index (χ0) is 15.1. The van der Waals surface area contributed by atoms with E-state index in [1.807, 2.05) is 0 Å². The predicted octanol–water partition coefficient (Wildman–Crippen LogP) is -1.79. The molecule has 9 heteroatoms. The lowest BCUT2D eigenvalue weighted by Gasteiger charge is -2.29. The summed E-state index contributed by atoms with van der Waals surface area (Å²) in [5, 5.41) is 28.8. The van der Waals surface area contributed by atoms with Gasteiger partial charge in [0.15, 0.2) is 17.9 Å². The minimum Gasteiger partial charge on any atom is -0.396 e. The average molecular weight is 289 g/mol. The van der Waals surface area contributed by atoms with Crippen LogP contribution in [0.1, 0.15) is 13.2 Å². The van der Waals surface area contributed by atoms with Gasteiger partial charge in [-0.15, -0.1) is 0 Å². The summed E-state index contributed by atoms with van der Waals surface area (Å²) in [5.41, 5.74) is 3.09. The summed E-state index contributed by atoms with van der Waals surface area (Å²) in [6, 6.07) is 0. The number of aromatic nitrogens is 2. The maximum Gasteiger partial charge on any atom is 0.351 e. The topological polar surface area (TPSA) is 131 Å². The van der Waals surface area contributed by atoms with Crippen LogP contribution in [-0.2, 0) is 4.74 Å². The van der Waals surface area contributed by atoms with E-state index >= 15 is 0 Å². The van der Waals surface area contributed by atoms with E-state index in [2.05, 4.69) is 4.98 Å². The second-order valence-electron chi connectivity index (χ2n) is 4.97. The normalized spacial score (nSPS) is 33.5. The fraction of sp³-hybridized carbons (Fsp3) is 0.636. The summed E-state index contributed by atoms with van der Waals surface area (Å²) in [6.45, 7) is 0.546. The molecule has 4 atom stereocenters. The molecule has 1 aromatic heterocycles. The number of rotatable bonds is 3. The molecule has 1 aliphatic heterocycles. The number of aliphatic hydroxyl groups is 3. The fourth-order valence-electron chi connectivity index (χ4n) is 2.22. The molecule has 20 heavy (non-hydrogen) atoms. The number of anilines is 1. The van der Waals surface area contributed by atoms with E-state index in [-0.39, 0.29) is 0 Å². The van der Waals surface area contributed by atoms with Gasteiger partial charge in [0.2, 0.25) is 0 Å². The van der Waals surface area contributed by atoms with Crippen LogP contribution in [0.25, 0.3) is 0 Å². The van der Waals surface area contributed by atoms with E-state index in [1.165, 1.54) is 6.92 Å². The first-order valence-corrected chi connectivity index (χ1v) is 5.94. The molecule has 0 spiro atoms. The summed E-state index contributed by atoms with van der Waals surface area (Å²) >= 11 is 0. The summed E-state index contributed by atoms with van der Waals surface area (Å²) in [6.07, 6.45) is -2.72. The molecule has 112 valence electrons. The SMILES string of the molecule is C[C@]1(CO)C(O)C(n2cc(F)c(N)nc2=O)O[C@@H]1CO. The Morgan fingerprint density at radius 3 is 2.75 bits per heavy atom. The van der Waals surface area contributed by atoms with E-state index in [0.29, 0.717) is 0 Å². The van der Waals surface area contributed by atoms with Gasteiger partial charge in [-0.2, -0.15) is 4.98 Å². The quantitative estimate of drug-likeness (QED) is 0.517. The van der Waals surface area contributed by atoms with Crippen molar-refractivity contribution >= 4 is 5.82 Å². The van der Waals surface area contributed by atoms with E-state index in [4.69, 9.17) is 10.5 Å². The molecule has 1 fully saturated rings. The van der Waals surface area contributed by atoms with E-state index in [0.717, 1.165) is 10.8 Å². The van der Waals surface area contributed by atoms with Gasteiger partial charge in [-0.1, -0.05) is 6.92 Å². The molecule has 5 N–H and O–H groups in total. The highest BCUT2D eigenvalue weighted by Crippen LogP contribution is 2.42. The number of hydrogen-bond donors (Lipinski definition) is 4. The predicted molar refractivity (Wildman–Crippen MR) is 65.1 cm³/mol. The van der Waals surface area contributed by atoms with Crippen LogP contribution in [0.2, 0.25) is 0 Å². The molecular weight excluding hydrogens is 273 g/mol. The second kappa shape index (κ2) is 5.09. The van der Waals surface area contributed by atoms with Crippen LogP contribution in [-0.4, -0.2) is 50.3 Å². The third-order valence-corrected chi connectivity index (χ3v) is 3.70. The van der Waals surface area contributed by atoms with Gasteiger partial charge in [-0.3, -0.25) is 4.57 Å². The highest BCUT2D eigenvalue weighted by molar-refractivity contribution is 5.26. The molecule has 1 aromatic rings. The molecule has 0 amide bonds. The molecule has 0 aliphatic carbocycles. The summed E-state index contributed by atoms with van der Waals surface area (Å²) in [4.78, 5) is 15.0. The van der Waals surface area contributed by atoms with Gasteiger partial charge in [0.25, 0.3) is 0 Å². The highest BCUT2D eigenvalue weighted by Gasteiger charge is 2.53. The molecule has 0 saturated carbocycles. The first-order chi connectivity index (χ1) is 9.35. The molecule has 2 unspecified atom stereocenters. The Kier molecular flexibility index (Phi) is 3.78. The standard InChI is InChI=1S/C11H16FN3O5/c1-11(4-17)6(3-16)20-9(7(11)18)15-2-5(12)8(13)14-10(15)19/h2,6-7,9,16-18H,3-4H2,1H3,(H2,13,14,19)/t6-,7?,9?,11-/m1/s1. The van der Waals surface area contributed by atoms with Crippen LogP contribution in [0.5, 0.6) is 0 Å². The first-order valence-electron chi connectivity index (χ1n) is 5.94. The van der Waals surface area contributed by atoms with Crippen molar-refractivity contribution in [2.24, 2.45) is 5.41 Å². The minimum atomic E-state index is -1.33. The lowest BCUT2D eigenvalue weighted by molar-refractivity contribution is -0.0574. The number of halogens is 1. The molecular formula is C11H16FN3O5. The molecule has 1 aliphatic rings. The Morgan fingerprint density at radius 2 is 2.25 bits per heavy atom. The van der Waals surface area contributed by atoms with Gasteiger partial charge in [0.1, 0.15) is 6.10 Å². The largest absolute Gasteiger partial charge is 0.396 e. The van der Waals surface area contributed by atoms with E-state index in [9.17, 15) is 24.5 Å². The molecule has 8 nitrogen and oxygen atoms in total. The minimum absolute atomic E-state index is 0.468. The third kappa shape index (κ3) is 2.08. The summed E-state index contributed by atoms with van der Waals surface area (Å²) < 4.78 is 19.5. The summed E-state index contributed by atoms with van der Waals surface area (Å²) in [5.74, 6) is -1.49. The zero-order valence-electron chi connectivity index (χ0n) is 10.7. The smallest absolute Gasteiger partial charge is 0.351 e. The molecule has 0 bridgehead atoms. The monoisotopic (exact) mass is 289 g/mol.